The molecule has 1 aliphatic carbocycles. The number of aliphatic hydroxyl groups excluding tert-OH is 2. The predicted molar refractivity (Wildman–Crippen MR) is 72.6 cm³/mol. The van der Waals surface area contributed by atoms with Crippen LogP contribution in [0.1, 0.15) is 38.3 Å². The Bertz CT molecular complexity index is 410. The molecular formula is C15H24O3. The summed E-state index contributed by atoms with van der Waals surface area (Å²) in [7, 11) is 0. The molecule has 3 heteroatoms. The first-order valence-electron chi connectivity index (χ1n) is 6.22. The zero-order valence-corrected chi connectivity index (χ0v) is 11.6. The average molecular weight is 252 g/mol. The first kappa shape index (κ1) is 15.2. The Kier molecular flexibility index (Phi) is 3.92. The van der Waals surface area contributed by atoms with E-state index in [9.17, 15) is 10.2 Å². The molecule has 3 atom stereocenters. The van der Waals surface area contributed by atoms with Crippen molar-refractivity contribution in [3.05, 3.63) is 35.4 Å². The molecule has 0 spiro atoms. The van der Waals surface area contributed by atoms with Crippen molar-refractivity contribution in [2.45, 2.75) is 51.7 Å². The first-order chi connectivity index (χ1) is 7.79. The molecule has 102 valence electrons. The van der Waals surface area contributed by atoms with Crippen LogP contribution in [-0.2, 0) is 5.41 Å². The summed E-state index contributed by atoms with van der Waals surface area (Å²) in [4.78, 5) is 0. The molecule has 2 rings (SSSR count). The summed E-state index contributed by atoms with van der Waals surface area (Å²) in [6, 6.07) is 8.41. The van der Waals surface area contributed by atoms with Gasteiger partial charge in [0.25, 0.3) is 0 Å². The maximum Gasteiger partial charge on any atom is 0.0858 e. The molecule has 1 aliphatic rings. The fourth-order valence-electron chi connectivity index (χ4n) is 3.01. The molecule has 0 heterocycles. The Morgan fingerprint density at radius 3 is 1.94 bits per heavy atom. The van der Waals surface area contributed by atoms with E-state index in [0.717, 1.165) is 0 Å². The molecule has 0 aliphatic heterocycles. The standard InChI is InChI=1S/C15H22O2.H2O/c1-10-5-7-11(8-6-10)15(4)9-12(16)13(17)14(15,2)3;/h5-8,12-13,16-17H,9H2,1-4H3;1H2/t12-,13+,15+;/m1./s1. The number of hydrogen-bond donors (Lipinski definition) is 2. The van der Waals surface area contributed by atoms with Gasteiger partial charge in [0.05, 0.1) is 12.2 Å². The number of hydrogen-bond acceptors (Lipinski definition) is 2. The van der Waals surface area contributed by atoms with E-state index >= 15 is 0 Å². The number of aryl methyl sites for hydroxylation is 1. The summed E-state index contributed by atoms with van der Waals surface area (Å²) in [5.41, 5.74) is 1.93. The third-order valence-electron chi connectivity index (χ3n) is 4.83. The van der Waals surface area contributed by atoms with Crippen molar-refractivity contribution in [2.24, 2.45) is 5.41 Å². The Hall–Kier alpha value is -0.900. The van der Waals surface area contributed by atoms with E-state index in [0.29, 0.717) is 6.42 Å². The summed E-state index contributed by atoms with van der Waals surface area (Å²) in [5.74, 6) is 0. The van der Waals surface area contributed by atoms with Gasteiger partial charge in [0.15, 0.2) is 0 Å². The second-order valence-corrected chi connectivity index (χ2v) is 6.14. The third-order valence-corrected chi connectivity index (χ3v) is 4.83. The van der Waals surface area contributed by atoms with Crippen LogP contribution >= 0.6 is 0 Å². The van der Waals surface area contributed by atoms with Gasteiger partial charge in [-0.25, -0.2) is 0 Å². The Balaban J connectivity index is 0.00000162. The number of rotatable bonds is 1. The summed E-state index contributed by atoms with van der Waals surface area (Å²) in [6.07, 6.45) is -0.672. The Morgan fingerprint density at radius 1 is 1.06 bits per heavy atom. The highest BCUT2D eigenvalue weighted by molar-refractivity contribution is 5.33. The van der Waals surface area contributed by atoms with E-state index in [1.165, 1.54) is 11.1 Å². The van der Waals surface area contributed by atoms with Gasteiger partial charge in [-0.3, -0.25) is 0 Å². The van der Waals surface area contributed by atoms with Gasteiger partial charge in [-0.15, -0.1) is 0 Å². The van der Waals surface area contributed by atoms with E-state index < -0.39 is 12.2 Å². The maximum absolute atomic E-state index is 10.1. The first-order valence-corrected chi connectivity index (χ1v) is 6.22. The summed E-state index contributed by atoms with van der Waals surface area (Å²) in [6.45, 7) is 8.27. The van der Waals surface area contributed by atoms with Gasteiger partial charge in [0.2, 0.25) is 0 Å². The van der Waals surface area contributed by atoms with Crippen LogP contribution in [0.5, 0.6) is 0 Å². The number of aliphatic hydroxyl groups is 2. The quantitative estimate of drug-likeness (QED) is 0.796. The smallest absolute Gasteiger partial charge is 0.0858 e. The Morgan fingerprint density at radius 2 is 1.56 bits per heavy atom. The molecule has 0 unspecified atom stereocenters. The molecule has 0 amide bonds. The van der Waals surface area contributed by atoms with Crippen LogP contribution < -0.4 is 0 Å². The Labute approximate surface area is 109 Å². The summed E-state index contributed by atoms with van der Waals surface area (Å²) < 4.78 is 0. The van der Waals surface area contributed by atoms with E-state index in [2.05, 4.69) is 38.1 Å². The van der Waals surface area contributed by atoms with Crippen molar-refractivity contribution in [1.82, 2.24) is 0 Å². The van der Waals surface area contributed by atoms with Crippen LogP contribution in [0, 0.1) is 12.3 Å². The van der Waals surface area contributed by atoms with E-state index in [4.69, 9.17) is 0 Å². The molecular weight excluding hydrogens is 228 g/mol. The largest absolute Gasteiger partial charge is 0.412 e. The molecule has 0 saturated heterocycles. The van der Waals surface area contributed by atoms with Crippen LogP contribution in [0.15, 0.2) is 24.3 Å². The zero-order chi connectivity index (χ0) is 12.8. The van der Waals surface area contributed by atoms with E-state index in [-0.39, 0.29) is 16.3 Å². The maximum atomic E-state index is 10.1. The van der Waals surface area contributed by atoms with Gasteiger partial charge in [-0.05, 0) is 18.9 Å². The van der Waals surface area contributed by atoms with Crippen molar-refractivity contribution >= 4 is 0 Å². The molecule has 1 aromatic carbocycles. The molecule has 4 N–H and O–H groups in total. The molecule has 1 aromatic rings. The van der Waals surface area contributed by atoms with E-state index in [1.807, 2.05) is 13.8 Å². The minimum atomic E-state index is -0.659. The zero-order valence-electron chi connectivity index (χ0n) is 11.6. The summed E-state index contributed by atoms with van der Waals surface area (Å²) >= 11 is 0. The minimum Gasteiger partial charge on any atom is -0.412 e. The molecule has 18 heavy (non-hydrogen) atoms. The monoisotopic (exact) mass is 252 g/mol. The average Bonchev–Trinajstić information content (AvgIpc) is 2.42. The van der Waals surface area contributed by atoms with Crippen LogP contribution in [-0.4, -0.2) is 27.9 Å². The lowest BCUT2D eigenvalue weighted by Gasteiger charge is -2.40. The highest BCUT2D eigenvalue weighted by atomic mass is 16.3. The molecule has 0 radical (unpaired) electrons. The lowest BCUT2D eigenvalue weighted by molar-refractivity contribution is -0.0160. The van der Waals surface area contributed by atoms with Gasteiger partial charge in [0, 0.05) is 10.8 Å². The van der Waals surface area contributed by atoms with E-state index in [1.54, 1.807) is 0 Å². The highest BCUT2D eigenvalue weighted by Crippen LogP contribution is 2.53. The third kappa shape index (κ3) is 1.96. The topological polar surface area (TPSA) is 72.0 Å². The summed E-state index contributed by atoms with van der Waals surface area (Å²) in [5, 5.41) is 20.1. The molecule has 1 saturated carbocycles. The SMILES string of the molecule is Cc1ccc([C@]2(C)C[C@@H](O)[C@H](O)C2(C)C)cc1.O. The van der Waals surface area contributed by atoms with Gasteiger partial charge < -0.3 is 15.7 Å². The van der Waals surface area contributed by atoms with Gasteiger partial charge in [0.1, 0.15) is 0 Å². The highest BCUT2D eigenvalue weighted by Gasteiger charge is 2.56. The molecule has 1 fully saturated rings. The second kappa shape index (κ2) is 4.65. The molecule has 0 aromatic heterocycles. The molecule has 3 nitrogen and oxygen atoms in total. The normalized spacial score (nSPS) is 34.1. The fourth-order valence-corrected chi connectivity index (χ4v) is 3.01. The van der Waals surface area contributed by atoms with Crippen molar-refractivity contribution in [2.75, 3.05) is 0 Å². The molecule has 0 bridgehead atoms. The van der Waals surface area contributed by atoms with Crippen LogP contribution in [0.3, 0.4) is 0 Å². The lowest BCUT2D eigenvalue weighted by atomic mass is 9.64. The second-order valence-electron chi connectivity index (χ2n) is 6.14. The van der Waals surface area contributed by atoms with Crippen LogP contribution in [0.4, 0.5) is 0 Å². The minimum absolute atomic E-state index is 0. The van der Waals surface area contributed by atoms with Gasteiger partial charge >= 0.3 is 0 Å². The van der Waals surface area contributed by atoms with Crippen molar-refractivity contribution in [1.29, 1.82) is 0 Å². The lowest BCUT2D eigenvalue weighted by Crippen LogP contribution is -2.41. The van der Waals surface area contributed by atoms with Crippen molar-refractivity contribution < 1.29 is 15.7 Å². The van der Waals surface area contributed by atoms with Crippen molar-refractivity contribution in [3.8, 4) is 0 Å². The van der Waals surface area contributed by atoms with Crippen molar-refractivity contribution in [3.63, 3.8) is 0 Å². The number of benzene rings is 1. The van der Waals surface area contributed by atoms with Crippen LogP contribution in [0.2, 0.25) is 0 Å². The fraction of sp³-hybridized carbons (Fsp3) is 0.600. The van der Waals surface area contributed by atoms with Gasteiger partial charge in [-0.2, -0.15) is 0 Å². The van der Waals surface area contributed by atoms with Crippen LogP contribution in [0.25, 0.3) is 0 Å². The predicted octanol–water partition coefficient (Wildman–Crippen LogP) is 1.58. The van der Waals surface area contributed by atoms with Gasteiger partial charge in [-0.1, -0.05) is 50.6 Å².